The molecule has 0 aromatic heterocycles. The van der Waals surface area contributed by atoms with Crippen molar-refractivity contribution in [3.8, 4) is 0 Å². The molecule has 0 bridgehead atoms. The minimum Gasteiger partial charge on any atom is -0.462 e. The molecule has 0 N–H and O–H groups in total. The van der Waals surface area contributed by atoms with Gasteiger partial charge in [0.05, 0.1) is 12.8 Å². The average Bonchev–Trinajstić information content (AvgIpc) is 2.61. The van der Waals surface area contributed by atoms with Crippen LogP contribution in [-0.2, 0) is 33.4 Å². The van der Waals surface area contributed by atoms with Crippen LogP contribution in [0, 0.1) is 0 Å². The summed E-state index contributed by atoms with van der Waals surface area (Å²) in [4.78, 5) is 46.2. The van der Waals surface area contributed by atoms with Crippen LogP contribution in [0.5, 0.6) is 0 Å². The summed E-state index contributed by atoms with van der Waals surface area (Å²) in [5, 5.41) is 0. The van der Waals surface area contributed by atoms with E-state index in [1.54, 1.807) is 30.3 Å². The third kappa shape index (κ3) is 7.74. The van der Waals surface area contributed by atoms with Crippen molar-refractivity contribution < 1.29 is 33.4 Å². The molecule has 0 saturated heterocycles. The standard InChI is InChI=1S/C19H22O7/c1-13(2)19(23)25-12-11-24-16(21)9-10-17(22)26-18(14(3)20)15-7-5-4-6-8-15/h4-8,18H,1,9-12H2,2-3H3. The first kappa shape index (κ1) is 21.1. The summed E-state index contributed by atoms with van der Waals surface area (Å²) in [5.74, 6) is -2.20. The number of hydrogen-bond acceptors (Lipinski definition) is 7. The Morgan fingerprint density at radius 2 is 1.50 bits per heavy atom. The summed E-state index contributed by atoms with van der Waals surface area (Å²) in [5.41, 5.74) is 0.813. The maximum absolute atomic E-state index is 11.9. The lowest BCUT2D eigenvalue weighted by Gasteiger charge is -2.15. The Kier molecular flexibility index (Phi) is 8.77. The van der Waals surface area contributed by atoms with E-state index in [0.717, 1.165) is 0 Å². The van der Waals surface area contributed by atoms with Crippen molar-refractivity contribution in [2.75, 3.05) is 13.2 Å². The molecule has 1 rings (SSSR count). The first-order valence-corrected chi connectivity index (χ1v) is 8.04. The highest BCUT2D eigenvalue weighted by Gasteiger charge is 2.21. The fraction of sp³-hybridized carbons (Fsp3) is 0.368. The molecule has 7 nitrogen and oxygen atoms in total. The van der Waals surface area contributed by atoms with Gasteiger partial charge in [0.25, 0.3) is 0 Å². The maximum Gasteiger partial charge on any atom is 0.333 e. The highest BCUT2D eigenvalue weighted by Crippen LogP contribution is 2.19. The van der Waals surface area contributed by atoms with Gasteiger partial charge in [-0.05, 0) is 19.4 Å². The summed E-state index contributed by atoms with van der Waals surface area (Å²) in [6, 6.07) is 8.61. The van der Waals surface area contributed by atoms with E-state index in [4.69, 9.17) is 14.2 Å². The minimum absolute atomic E-state index is 0.0949. The lowest BCUT2D eigenvalue weighted by atomic mass is 10.1. The second kappa shape index (κ2) is 10.8. The van der Waals surface area contributed by atoms with Crippen molar-refractivity contribution in [2.24, 2.45) is 0 Å². The van der Waals surface area contributed by atoms with Gasteiger partial charge in [-0.15, -0.1) is 0 Å². The predicted octanol–water partition coefficient (Wildman–Crippen LogP) is 2.30. The molecule has 0 amide bonds. The first-order chi connectivity index (χ1) is 12.3. The van der Waals surface area contributed by atoms with Gasteiger partial charge in [0.1, 0.15) is 13.2 Å². The van der Waals surface area contributed by atoms with Gasteiger partial charge in [-0.1, -0.05) is 36.9 Å². The number of esters is 3. The summed E-state index contributed by atoms with van der Waals surface area (Å²) in [6.45, 7) is 6.03. The Bertz CT molecular complexity index is 664. The van der Waals surface area contributed by atoms with Crippen molar-refractivity contribution in [1.29, 1.82) is 0 Å². The van der Waals surface area contributed by atoms with Crippen molar-refractivity contribution >= 4 is 23.7 Å². The topological polar surface area (TPSA) is 96.0 Å². The van der Waals surface area contributed by atoms with Gasteiger partial charge in [-0.3, -0.25) is 14.4 Å². The van der Waals surface area contributed by atoms with Crippen LogP contribution in [0.3, 0.4) is 0 Å². The zero-order chi connectivity index (χ0) is 19.5. The SMILES string of the molecule is C=C(C)C(=O)OCCOC(=O)CCC(=O)OC(C(C)=O)c1ccccc1. The molecule has 1 aromatic carbocycles. The number of ether oxygens (including phenoxy) is 3. The van der Waals surface area contributed by atoms with Crippen molar-refractivity contribution in [3.63, 3.8) is 0 Å². The van der Waals surface area contributed by atoms with E-state index in [0.29, 0.717) is 5.56 Å². The number of carbonyl (C=O) groups excluding carboxylic acids is 4. The highest BCUT2D eigenvalue weighted by atomic mass is 16.6. The summed E-state index contributed by atoms with van der Waals surface area (Å²) in [6.07, 6.45) is -1.42. The van der Waals surface area contributed by atoms with E-state index in [1.165, 1.54) is 13.8 Å². The summed E-state index contributed by atoms with van der Waals surface area (Å²) in [7, 11) is 0. The normalized spacial score (nSPS) is 11.2. The molecule has 1 unspecified atom stereocenters. The van der Waals surface area contributed by atoms with Crippen molar-refractivity contribution in [2.45, 2.75) is 32.8 Å². The Balaban J connectivity index is 2.34. The molecule has 0 saturated carbocycles. The van der Waals surface area contributed by atoms with E-state index in [-0.39, 0.29) is 37.4 Å². The molecule has 1 atom stereocenters. The summed E-state index contributed by atoms with van der Waals surface area (Å²) >= 11 is 0. The number of Topliss-reactive ketones (excluding diaryl/α,β-unsaturated/α-hetero) is 1. The molecular weight excluding hydrogens is 340 g/mol. The average molecular weight is 362 g/mol. The number of hydrogen-bond donors (Lipinski definition) is 0. The third-order valence-corrected chi connectivity index (χ3v) is 3.18. The fourth-order valence-electron chi connectivity index (χ4n) is 1.89. The van der Waals surface area contributed by atoms with Crippen LogP contribution in [0.4, 0.5) is 0 Å². The van der Waals surface area contributed by atoms with Crippen molar-refractivity contribution in [1.82, 2.24) is 0 Å². The van der Waals surface area contributed by atoms with Crippen LogP contribution >= 0.6 is 0 Å². The zero-order valence-electron chi connectivity index (χ0n) is 14.9. The van der Waals surface area contributed by atoms with Gasteiger partial charge in [0.15, 0.2) is 11.9 Å². The molecule has 0 aliphatic heterocycles. The van der Waals surface area contributed by atoms with Gasteiger partial charge >= 0.3 is 17.9 Å². The molecule has 0 aliphatic carbocycles. The van der Waals surface area contributed by atoms with Crippen LogP contribution < -0.4 is 0 Å². The van der Waals surface area contributed by atoms with Crippen LogP contribution in [0.15, 0.2) is 42.5 Å². The van der Waals surface area contributed by atoms with Crippen LogP contribution in [-0.4, -0.2) is 36.9 Å². The fourth-order valence-corrected chi connectivity index (χ4v) is 1.89. The van der Waals surface area contributed by atoms with Crippen LogP contribution in [0.1, 0.15) is 38.4 Å². The third-order valence-electron chi connectivity index (χ3n) is 3.18. The Morgan fingerprint density at radius 3 is 2.08 bits per heavy atom. The monoisotopic (exact) mass is 362 g/mol. The minimum atomic E-state index is -0.999. The van der Waals surface area contributed by atoms with Gasteiger partial charge in [-0.25, -0.2) is 4.79 Å². The van der Waals surface area contributed by atoms with E-state index >= 15 is 0 Å². The van der Waals surface area contributed by atoms with Gasteiger partial charge in [0.2, 0.25) is 0 Å². The molecule has 26 heavy (non-hydrogen) atoms. The van der Waals surface area contributed by atoms with E-state index < -0.39 is 24.0 Å². The second-order valence-electron chi connectivity index (χ2n) is 5.53. The number of rotatable bonds is 10. The predicted molar refractivity (Wildman–Crippen MR) is 91.9 cm³/mol. The van der Waals surface area contributed by atoms with Crippen LogP contribution in [0.25, 0.3) is 0 Å². The van der Waals surface area contributed by atoms with Gasteiger partial charge in [-0.2, -0.15) is 0 Å². The maximum atomic E-state index is 11.9. The van der Waals surface area contributed by atoms with Gasteiger partial charge in [0, 0.05) is 5.57 Å². The Labute approximate surface area is 151 Å². The van der Waals surface area contributed by atoms with E-state index in [2.05, 4.69) is 6.58 Å². The second-order valence-corrected chi connectivity index (χ2v) is 5.53. The Morgan fingerprint density at radius 1 is 0.923 bits per heavy atom. The first-order valence-electron chi connectivity index (χ1n) is 8.04. The van der Waals surface area contributed by atoms with E-state index in [1.807, 2.05) is 0 Å². The molecule has 1 aromatic rings. The number of carbonyl (C=O) groups is 4. The van der Waals surface area contributed by atoms with Crippen molar-refractivity contribution in [3.05, 3.63) is 48.0 Å². The van der Waals surface area contributed by atoms with E-state index in [9.17, 15) is 19.2 Å². The van der Waals surface area contributed by atoms with Gasteiger partial charge < -0.3 is 14.2 Å². The summed E-state index contributed by atoms with van der Waals surface area (Å²) < 4.78 is 14.8. The number of benzene rings is 1. The highest BCUT2D eigenvalue weighted by molar-refractivity contribution is 5.87. The number of ketones is 1. The zero-order valence-corrected chi connectivity index (χ0v) is 14.9. The molecule has 0 spiro atoms. The molecule has 0 radical (unpaired) electrons. The lowest BCUT2D eigenvalue weighted by molar-refractivity contribution is -0.158. The molecular formula is C19H22O7. The molecule has 7 heteroatoms. The lowest BCUT2D eigenvalue weighted by Crippen LogP contribution is -2.19. The largest absolute Gasteiger partial charge is 0.462 e. The molecule has 0 aliphatic rings. The Hall–Kier alpha value is -2.96. The molecule has 0 fully saturated rings. The smallest absolute Gasteiger partial charge is 0.333 e. The molecule has 0 heterocycles. The quantitative estimate of drug-likeness (QED) is 0.273. The van der Waals surface area contributed by atoms with Crippen LogP contribution in [0.2, 0.25) is 0 Å². The molecule has 140 valence electrons.